The second-order valence-corrected chi connectivity index (χ2v) is 6.04. The smallest absolute Gasteiger partial charge is 0.337 e. The average molecular weight is 299 g/mol. The molecule has 0 aliphatic rings. The molecule has 0 aliphatic heterocycles. The van der Waals surface area contributed by atoms with Gasteiger partial charge < -0.3 is 15.7 Å². The minimum Gasteiger partial charge on any atom is -0.478 e. The number of carboxylic acid groups (broad SMARTS) is 1. The molecule has 0 spiro atoms. The Hall–Kier alpha value is -1.75. The summed E-state index contributed by atoms with van der Waals surface area (Å²) in [6.45, 7) is 7.30. The summed E-state index contributed by atoms with van der Waals surface area (Å²) in [6, 6.07) is 3.91. The largest absolute Gasteiger partial charge is 0.478 e. The van der Waals surface area contributed by atoms with E-state index < -0.39 is 12.0 Å². The summed E-state index contributed by atoms with van der Waals surface area (Å²) in [6.07, 6.45) is 0. The van der Waals surface area contributed by atoms with Crippen molar-refractivity contribution in [2.75, 3.05) is 5.32 Å². The lowest BCUT2D eigenvalue weighted by atomic mass is 10.1. The lowest BCUT2D eigenvalue weighted by Gasteiger charge is -2.24. The highest BCUT2D eigenvalue weighted by Crippen LogP contribution is 2.21. The third-order valence-electron chi connectivity index (χ3n) is 2.48. The van der Waals surface area contributed by atoms with Gasteiger partial charge in [0.05, 0.1) is 5.56 Å². The maximum absolute atomic E-state index is 12.0. The van der Waals surface area contributed by atoms with Crippen molar-refractivity contribution in [1.29, 1.82) is 0 Å². The summed E-state index contributed by atoms with van der Waals surface area (Å²) in [5, 5.41) is 15.2. The Morgan fingerprint density at radius 3 is 2.40 bits per heavy atom. The molecule has 0 bridgehead atoms. The predicted molar refractivity (Wildman–Crippen MR) is 79.4 cm³/mol. The summed E-state index contributed by atoms with van der Waals surface area (Å²) in [5.41, 5.74) is 0.0502. The maximum atomic E-state index is 12.0. The number of carbonyl (C=O) groups excluding carboxylic acids is 1. The number of halogens is 1. The Labute approximate surface area is 123 Å². The zero-order valence-corrected chi connectivity index (χ0v) is 12.7. The fraction of sp³-hybridized carbons (Fsp3) is 0.429. The van der Waals surface area contributed by atoms with E-state index in [1.54, 1.807) is 19.1 Å². The van der Waals surface area contributed by atoms with Crippen LogP contribution in [0.3, 0.4) is 0 Å². The first kappa shape index (κ1) is 16.3. The second-order valence-electron chi connectivity index (χ2n) is 5.60. The number of carboxylic acids is 1. The van der Waals surface area contributed by atoms with Crippen LogP contribution in [-0.2, 0) is 4.79 Å². The van der Waals surface area contributed by atoms with Crippen LogP contribution >= 0.6 is 11.6 Å². The Morgan fingerprint density at radius 1 is 1.30 bits per heavy atom. The van der Waals surface area contributed by atoms with E-state index >= 15 is 0 Å². The molecule has 0 fully saturated rings. The molecule has 20 heavy (non-hydrogen) atoms. The Balaban J connectivity index is 2.88. The van der Waals surface area contributed by atoms with Gasteiger partial charge >= 0.3 is 5.97 Å². The van der Waals surface area contributed by atoms with Crippen LogP contribution in [0.1, 0.15) is 38.1 Å². The molecule has 0 saturated carbocycles. The van der Waals surface area contributed by atoms with E-state index in [0.29, 0.717) is 10.7 Å². The predicted octanol–water partition coefficient (Wildman–Crippen LogP) is 2.75. The van der Waals surface area contributed by atoms with Crippen LogP contribution in [0.5, 0.6) is 0 Å². The fourth-order valence-corrected chi connectivity index (χ4v) is 1.77. The van der Waals surface area contributed by atoms with Crippen LogP contribution in [0.25, 0.3) is 0 Å². The zero-order valence-electron chi connectivity index (χ0n) is 12.0. The molecular weight excluding hydrogens is 280 g/mol. The number of nitrogens with one attached hydrogen (secondary N) is 2. The van der Waals surface area contributed by atoms with Gasteiger partial charge in [-0.25, -0.2) is 4.79 Å². The van der Waals surface area contributed by atoms with Crippen LogP contribution in [0.2, 0.25) is 5.02 Å². The molecule has 0 aliphatic carbocycles. The molecule has 110 valence electrons. The molecule has 0 radical (unpaired) electrons. The minimum atomic E-state index is -1.10. The Kier molecular flexibility index (Phi) is 5.00. The molecule has 1 atom stereocenters. The molecular formula is C14H19ClN2O3. The van der Waals surface area contributed by atoms with E-state index in [1.807, 2.05) is 20.8 Å². The molecule has 1 amide bonds. The van der Waals surface area contributed by atoms with Crippen molar-refractivity contribution in [3.8, 4) is 0 Å². The number of anilines is 1. The van der Waals surface area contributed by atoms with E-state index in [9.17, 15) is 9.59 Å². The lowest BCUT2D eigenvalue weighted by molar-refractivity contribution is -0.122. The zero-order chi connectivity index (χ0) is 15.5. The minimum absolute atomic E-state index is 0.0351. The highest BCUT2D eigenvalue weighted by molar-refractivity contribution is 6.31. The van der Waals surface area contributed by atoms with Gasteiger partial charge in [-0.15, -0.1) is 0 Å². The molecule has 5 nitrogen and oxygen atoms in total. The summed E-state index contributed by atoms with van der Waals surface area (Å²) < 4.78 is 0. The molecule has 3 N–H and O–H groups in total. The highest BCUT2D eigenvalue weighted by Gasteiger charge is 2.20. The Bertz CT molecular complexity index is 524. The maximum Gasteiger partial charge on any atom is 0.337 e. The van der Waals surface area contributed by atoms with Crippen LogP contribution < -0.4 is 10.6 Å². The van der Waals surface area contributed by atoms with Crippen LogP contribution in [0, 0.1) is 0 Å². The number of aromatic carboxylic acids is 1. The first-order valence-corrected chi connectivity index (χ1v) is 6.59. The molecule has 0 heterocycles. The average Bonchev–Trinajstić information content (AvgIpc) is 2.28. The third-order valence-corrected chi connectivity index (χ3v) is 2.71. The van der Waals surface area contributed by atoms with Gasteiger partial charge in [0.2, 0.25) is 5.91 Å². The SMILES string of the molecule is CC(Nc1ccc(Cl)cc1C(=O)O)C(=O)NC(C)(C)C. The first-order chi connectivity index (χ1) is 9.10. The van der Waals surface area contributed by atoms with E-state index in [4.69, 9.17) is 16.7 Å². The molecule has 1 unspecified atom stereocenters. The standard InChI is InChI=1S/C14H19ClN2O3/c1-8(12(18)17-14(2,3)4)16-11-6-5-9(15)7-10(11)13(19)20/h5-8,16H,1-4H3,(H,17,18)(H,19,20). The van der Waals surface area contributed by atoms with E-state index in [-0.39, 0.29) is 17.0 Å². The van der Waals surface area contributed by atoms with E-state index in [1.165, 1.54) is 6.07 Å². The molecule has 1 aromatic rings. The van der Waals surface area contributed by atoms with Gasteiger partial charge in [-0.3, -0.25) is 4.79 Å². The van der Waals surface area contributed by atoms with Crippen molar-refractivity contribution in [3.05, 3.63) is 28.8 Å². The Morgan fingerprint density at radius 2 is 1.90 bits per heavy atom. The van der Waals surface area contributed by atoms with Crippen molar-refractivity contribution in [3.63, 3.8) is 0 Å². The van der Waals surface area contributed by atoms with Crippen molar-refractivity contribution in [2.24, 2.45) is 0 Å². The van der Waals surface area contributed by atoms with Crippen LogP contribution in [0.4, 0.5) is 5.69 Å². The van der Waals surface area contributed by atoms with Crippen molar-refractivity contribution >= 4 is 29.2 Å². The molecule has 6 heteroatoms. The van der Waals surface area contributed by atoms with Gasteiger partial charge in [-0.2, -0.15) is 0 Å². The molecule has 0 aromatic heterocycles. The number of rotatable bonds is 4. The summed E-state index contributed by atoms with van der Waals surface area (Å²) in [7, 11) is 0. The lowest BCUT2D eigenvalue weighted by Crippen LogP contribution is -2.47. The van der Waals surface area contributed by atoms with E-state index in [0.717, 1.165) is 0 Å². The number of amides is 1. The fourth-order valence-electron chi connectivity index (χ4n) is 1.60. The monoisotopic (exact) mass is 298 g/mol. The van der Waals surface area contributed by atoms with Gasteiger partial charge in [-0.1, -0.05) is 11.6 Å². The van der Waals surface area contributed by atoms with Crippen LogP contribution in [-0.4, -0.2) is 28.6 Å². The second kappa shape index (κ2) is 6.13. The molecule has 0 saturated heterocycles. The number of benzene rings is 1. The molecule has 1 aromatic carbocycles. The number of hydrogen-bond acceptors (Lipinski definition) is 3. The first-order valence-electron chi connectivity index (χ1n) is 6.21. The summed E-state index contributed by atoms with van der Waals surface area (Å²) >= 11 is 5.78. The summed E-state index contributed by atoms with van der Waals surface area (Å²) in [4.78, 5) is 23.1. The number of hydrogen-bond donors (Lipinski definition) is 3. The van der Waals surface area contributed by atoms with Gasteiger partial charge in [0, 0.05) is 16.2 Å². The topological polar surface area (TPSA) is 78.4 Å². The highest BCUT2D eigenvalue weighted by atomic mass is 35.5. The van der Waals surface area contributed by atoms with Crippen molar-refractivity contribution < 1.29 is 14.7 Å². The number of carbonyl (C=O) groups is 2. The quantitative estimate of drug-likeness (QED) is 0.798. The van der Waals surface area contributed by atoms with Crippen LogP contribution in [0.15, 0.2) is 18.2 Å². The van der Waals surface area contributed by atoms with Gasteiger partial charge in [0.15, 0.2) is 0 Å². The third kappa shape index (κ3) is 4.74. The normalized spacial score (nSPS) is 12.7. The van der Waals surface area contributed by atoms with Gasteiger partial charge in [0.1, 0.15) is 6.04 Å². The van der Waals surface area contributed by atoms with Gasteiger partial charge in [-0.05, 0) is 45.9 Å². The van der Waals surface area contributed by atoms with Crippen molar-refractivity contribution in [1.82, 2.24) is 5.32 Å². The van der Waals surface area contributed by atoms with E-state index in [2.05, 4.69) is 10.6 Å². The molecule has 1 rings (SSSR count). The van der Waals surface area contributed by atoms with Crippen molar-refractivity contribution in [2.45, 2.75) is 39.3 Å². The summed E-state index contributed by atoms with van der Waals surface area (Å²) in [5.74, 6) is -1.30. The van der Waals surface area contributed by atoms with Gasteiger partial charge in [0.25, 0.3) is 0 Å².